The fourth-order valence-electron chi connectivity index (χ4n) is 1.35. The number of rotatable bonds is 4. The highest BCUT2D eigenvalue weighted by atomic mass is 19.1. The maximum absolute atomic E-state index is 13.2. The largest absolute Gasteiger partial charge is 0.469 e. The summed E-state index contributed by atoms with van der Waals surface area (Å²) in [6, 6.07) is 4.81. The molecule has 1 aromatic rings. The first-order valence-corrected chi connectivity index (χ1v) is 5.12. The lowest BCUT2D eigenvalue weighted by atomic mass is 10.2. The van der Waals surface area contributed by atoms with Crippen LogP contribution in [0.2, 0.25) is 0 Å². The molecule has 0 aliphatic carbocycles. The van der Waals surface area contributed by atoms with Crippen LogP contribution in [0.5, 0.6) is 0 Å². The second-order valence-corrected chi connectivity index (χ2v) is 3.79. The summed E-state index contributed by atoms with van der Waals surface area (Å²) in [6.45, 7) is 3.55. The molecule has 0 radical (unpaired) electrons. The number of hydrogen-bond acceptors (Lipinski definition) is 3. The van der Waals surface area contributed by atoms with Crippen LogP contribution in [-0.4, -0.2) is 19.1 Å². The topological polar surface area (TPSA) is 38.3 Å². The third-order valence-corrected chi connectivity index (χ3v) is 2.29. The van der Waals surface area contributed by atoms with Crippen molar-refractivity contribution in [3.05, 3.63) is 29.6 Å². The van der Waals surface area contributed by atoms with E-state index in [0.29, 0.717) is 11.3 Å². The van der Waals surface area contributed by atoms with Gasteiger partial charge in [-0.25, -0.2) is 4.39 Å². The van der Waals surface area contributed by atoms with Crippen molar-refractivity contribution < 1.29 is 13.9 Å². The van der Waals surface area contributed by atoms with E-state index in [0.717, 1.165) is 0 Å². The number of anilines is 1. The van der Waals surface area contributed by atoms with Crippen LogP contribution >= 0.6 is 0 Å². The van der Waals surface area contributed by atoms with Crippen LogP contribution in [0.3, 0.4) is 0 Å². The molecule has 0 aromatic heterocycles. The average molecular weight is 225 g/mol. The highest BCUT2D eigenvalue weighted by molar-refractivity contribution is 5.70. The minimum Gasteiger partial charge on any atom is -0.469 e. The van der Waals surface area contributed by atoms with Gasteiger partial charge in [0.15, 0.2) is 0 Å². The fourth-order valence-corrected chi connectivity index (χ4v) is 1.35. The highest BCUT2D eigenvalue weighted by Crippen LogP contribution is 2.15. The van der Waals surface area contributed by atoms with Crippen LogP contribution in [-0.2, 0) is 9.53 Å². The summed E-state index contributed by atoms with van der Waals surface area (Å²) in [7, 11) is 1.35. The van der Waals surface area contributed by atoms with E-state index < -0.39 is 0 Å². The van der Waals surface area contributed by atoms with Crippen molar-refractivity contribution in [1.29, 1.82) is 0 Å². The fraction of sp³-hybridized carbons (Fsp3) is 0.417. The van der Waals surface area contributed by atoms with Gasteiger partial charge >= 0.3 is 5.97 Å². The molecule has 1 unspecified atom stereocenters. The molecule has 1 atom stereocenters. The molecule has 0 fully saturated rings. The van der Waals surface area contributed by atoms with Crippen molar-refractivity contribution in [2.45, 2.75) is 26.3 Å². The molecular formula is C12H16FNO2. The van der Waals surface area contributed by atoms with Gasteiger partial charge in [-0.3, -0.25) is 4.79 Å². The molecule has 0 aliphatic heterocycles. The first kappa shape index (κ1) is 12.5. The molecule has 4 heteroatoms. The molecule has 0 bridgehead atoms. The van der Waals surface area contributed by atoms with Crippen LogP contribution in [0, 0.1) is 12.7 Å². The Hall–Kier alpha value is -1.58. The first-order valence-electron chi connectivity index (χ1n) is 5.12. The molecule has 16 heavy (non-hydrogen) atoms. The minimum atomic E-state index is -0.285. The van der Waals surface area contributed by atoms with Crippen molar-refractivity contribution >= 4 is 11.7 Å². The summed E-state index contributed by atoms with van der Waals surface area (Å²) in [6.07, 6.45) is 0.256. The van der Waals surface area contributed by atoms with Crippen molar-refractivity contribution in [3.63, 3.8) is 0 Å². The van der Waals surface area contributed by atoms with Crippen molar-refractivity contribution in [1.82, 2.24) is 0 Å². The van der Waals surface area contributed by atoms with Gasteiger partial charge in [0.2, 0.25) is 0 Å². The number of benzene rings is 1. The van der Waals surface area contributed by atoms with E-state index in [1.165, 1.54) is 13.2 Å². The maximum Gasteiger partial charge on any atom is 0.307 e. The molecule has 1 rings (SSSR count). The Labute approximate surface area is 94.6 Å². The van der Waals surface area contributed by atoms with Gasteiger partial charge in [0.25, 0.3) is 0 Å². The molecule has 88 valence electrons. The Balaban J connectivity index is 2.59. The van der Waals surface area contributed by atoms with E-state index >= 15 is 0 Å². The number of carbonyl (C=O) groups is 1. The summed E-state index contributed by atoms with van der Waals surface area (Å²) in [4.78, 5) is 11.0. The average Bonchev–Trinajstić information content (AvgIpc) is 2.23. The molecule has 3 nitrogen and oxygen atoms in total. The van der Waals surface area contributed by atoms with Crippen LogP contribution in [0.15, 0.2) is 18.2 Å². The van der Waals surface area contributed by atoms with Gasteiger partial charge in [-0.15, -0.1) is 0 Å². The van der Waals surface area contributed by atoms with Crippen molar-refractivity contribution in [2.75, 3.05) is 12.4 Å². The van der Waals surface area contributed by atoms with Crippen LogP contribution in [0.1, 0.15) is 18.9 Å². The van der Waals surface area contributed by atoms with Gasteiger partial charge in [-0.1, -0.05) is 6.07 Å². The van der Waals surface area contributed by atoms with Crippen molar-refractivity contribution in [3.8, 4) is 0 Å². The van der Waals surface area contributed by atoms with Crippen LogP contribution in [0.4, 0.5) is 10.1 Å². The summed E-state index contributed by atoms with van der Waals surface area (Å²) < 4.78 is 17.8. The van der Waals surface area contributed by atoms with E-state index in [4.69, 9.17) is 0 Å². The number of methoxy groups -OCH3 is 1. The highest BCUT2D eigenvalue weighted by Gasteiger charge is 2.09. The molecule has 0 amide bonds. The van der Waals surface area contributed by atoms with Gasteiger partial charge in [0.05, 0.1) is 13.5 Å². The molecule has 0 aliphatic rings. The first-order chi connectivity index (χ1) is 7.52. The standard InChI is InChI=1S/C12H16FNO2/c1-8-4-5-10(7-11(8)13)14-9(2)6-12(15)16-3/h4-5,7,9,14H,6H2,1-3H3. The van der Waals surface area contributed by atoms with Gasteiger partial charge < -0.3 is 10.1 Å². The van der Waals surface area contributed by atoms with Gasteiger partial charge in [0.1, 0.15) is 5.82 Å². The SMILES string of the molecule is COC(=O)CC(C)Nc1ccc(C)c(F)c1. The zero-order valence-electron chi connectivity index (χ0n) is 9.71. The van der Waals surface area contributed by atoms with E-state index in [2.05, 4.69) is 10.1 Å². The monoisotopic (exact) mass is 225 g/mol. The van der Waals surface area contributed by atoms with E-state index in [1.54, 1.807) is 19.1 Å². The third kappa shape index (κ3) is 3.53. The number of carbonyl (C=O) groups excluding carboxylic acids is 1. The molecule has 0 saturated heterocycles. The Morgan fingerprint density at radius 3 is 2.81 bits per heavy atom. The molecule has 0 spiro atoms. The number of ether oxygens (including phenoxy) is 1. The smallest absolute Gasteiger partial charge is 0.307 e. The predicted molar refractivity (Wildman–Crippen MR) is 60.9 cm³/mol. The van der Waals surface area contributed by atoms with Crippen LogP contribution < -0.4 is 5.32 Å². The molecule has 0 saturated carbocycles. The lowest BCUT2D eigenvalue weighted by Gasteiger charge is -2.14. The van der Waals surface area contributed by atoms with Crippen LogP contribution in [0.25, 0.3) is 0 Å². The lowest BCUT2D eigenvalue weighted by molar-refractivity contribution is -0.140. The predicted octanol–water partition coefficient (Wildman–Crippen LogP) is 2.50. The molecule has 0 heterocycles. The summed E-state index contributed by atoms with van der Waals surface area (Å²) >= 11 is 0. The summed E-state index contributed by atoms with van der Waals surface area (Å²) in [5.41, 5.74) is 1.27. The number of hydrogen-bond donors (Lipinski definition) is 1. The Bertz CT molecular complexity index is 379. The Kier molecular flexibility index (Phi) is 4.28. The second kappa shape index (κ2) is 5.49. The molecular weight excluding hydrogens is 209 g/mol. The zero-order chi connectivity index (χ0) is 12.1. The van der Waals surface area contributed by atoms with Gasteiger partial charge in [-0.05, 0) is 31.5 Å². The van der Waals surface area contributed by atoms with Crippen molar-refractivity contribution in [2.24, 2.45) is 0 Å². The Morgan fingerprint density at radius 2 is 2.25 bits per heavy atom. The second-order valence-electron chi connectivity index (χ2n) is 3.79. The Morgan fingerprint density at radius 1 is 1.56 bits per heavy atom. The van der Waals surface area contributed by atoms with E-state index in [9.17, 15) is 9.18 Å². The zero-order valence-corrected chi connectivity index (χ0v) is 9.71. The molecule has 1 aromatic carbocycles. The van der Waals surface area contributed by atoms with E-state index in [1.807, 2.05) is 6.92 Å². The molecule has 1 N–H and O–H groups in total. The minimum absolute atomic E-state index is 0.0884. The maximum atomic E-state index is 13.2. The number of halogens is 1. The van der Waals surface area contributed by atoms with Gasteiger partial charge in [-0.2, -0.15) is 0 Å². The number of aryl methyl sites for hydroxylation is 1. The summed E-state index contributed by atoms with van der Waals surface area (Å²) in [5.74, 6) is -0.539. The third-order valence-electron chi connectivity index (χ3n) is 2.29. The number of nitrogens with one attached hydrogen (secondary N) is 1. The normalized spacial score (nSPS) is 12.0. The number of esters is 1. The quantitative estimate of drug-likeness (QED) is 0.800. The summed E-state index contributed by atoms with van der Waals surface area (Å²) in [5, 5.41) is 3.03. The lowest BCUT2D eigenvalue weighted by Crippen LogP contribution is -2.20. The van der Waals surface area contributed by atoms with Gasteiger partial charge in [0, 0.05) is 11.7 Å². The van der Waals surface area contributed by atoms with E-state index in [-0.39, 0.29) is 24.2 Å².